The number of hydroxylamine groups is 1. The molecule has 142 valence electrons. The molecule has 0 bridgehead atoms. The van der Waals surface area contributed by atoms with E-state index in [-0.39, 0.29) is 5.92 Å². The third kappa shape index (κ3) is 5.91. The van der Waals surface area contributed by atoms with Crippen molar-refractivity contribution in [3.05, 3.63) is 65.2 Å². The summed E-state index contributed by atoms with van der Waals surface area (Å²) in [4.78, 5) is 23.9. The Bertz CT molecular complexity index is 957. The Hall–Kier alpha value is -3.74. The second-order valence-electron chi connectivity index (χ2n) is 6.37. The predicted octanol–water partition coefficient (Wildman–Crippen LogP) is 1.93. The standard InChI is InChI=1S/C22H21N3O3/c1-15(2)20(22(27)25-28)24-21(26)18-11-7-16(8-12-18)5-3-4-6-17-9-13-19(23)14-10-17/h7-15,20,28H,23H2,1-2H3,(H,24,26)(H,25,27). The second kappa shape index (κ2) is 9.82. The monoisotopic (exact) mass is 375 g/mol. The molecule has 6 nitrogen and oxygen atoms in total. The first-order valence-corrected chi connectivity index (χ1v) is 8.63. The number of amides is 2. The van der Waals surface area contributed by atoms with Crippen LogP contribution in [0.25, 0.3) is 0 Å². The van der Waals surface area contributed by atoms with Crippen molar-refractivity contribution in [3.8, 4) is 23.7 Å². The molecule has 0 saturated heterocycles. The fraction of sp³-hybridized carbons (Fsp3) is 0.182. The zero-order valence-corrected chi connectivity index (χ0v) is 15.6. The molecule has 2 rings (SSSR count). The minimum absolute atomic E-state index is 0.180. The summed E-state index contributed by atoms with van der Waals surface area (Å²) >= 11 is 0. The lowest BCUT2D eigenvalue weighted by Gasteiger charge is -2.20. The molecule has 2 amide bonds. The van der Waals surface area contributed by atoms with Crippen molar-refractivity contribution >= 4 is 17.5 Å². The molecular formula is C22H21N3O3. The maximum Gasteiger partial charge on any atom is 0.266 e. The van der Waals surface area contributed by atoms with Gasteiger partial charge in [0, 0.05) is 22.4 Å². The van der Waals surface area contributed by atoms with E-state index in [9.17, 15) is 9.59 Å². The van der Waals surface area contributed by atoms with Crippen LogP contribution in [-0.4, -0.2) is 23.1 Å². The highest BCUT2D eigenvalue weighted by Crippen LogP contribution is 2.07. The van der Waals surface area contributed by atoms with Gasteiger partial charge < -0.3 is 11.1 Å². The molecule has 6 heteroatoms. The number of benzene rings is 2. The molecule has 0 saturated carbocycles. The minimum atomic E-state index is -0.833. The highest BCUT2D eigenvalue weighted by Gasteiger charge is 2.24. The van der Waals surface area contributed by atoms with Gasteiger partial charge in [-0.1, -0.05) is 25.7 Å². The Morgan fingerprint density at radius 3 is 1.89 bits per heavy atom. The lowest BCUT2D eigenvalue weighted by molar-refractivity contribution is -0.132. The Morgan fingerprint density at radius 1 is 0.929 bits per heavy atom. The van der Waals surface area contributed by atoms with Crippen LogP contribution >= 0.6 is 0 Å². The van der Waals surface area contributed by atoms with Gasteiger partial charge in [-0.2, -0.15) is 0 Å². The summed E-state index contributed by atoms with van der Waals surface area (Å²) in [6, 6.07) is 13.0. The van der Waals surface area contributed by atoms with E-state index in [1.807, 2.05) is 12.1 Å². The van der Waals surface area contributed by atoms with Crippen LogP contribution in [0.1, 0.15) is 35.3 Å². The van der Waals surface area contributed by atoms with E-state index in [0.717, 1.165) is 5.56 Å². The Kier molecular flexibility index (Phi) is 7.21. The van der Waals surface area contributed by atoms with Crippen LogP contribution in [0.3, 0.4) is 0 Å². The van der Waals surface area contributed by atoms with Gasteiger partial charge in [-0.3, -0.25) is 14.8 Å². The Labute approximate surface area is 164 Å². The summed E-state index contributed by atoms with van der Waals surface area (Å²) in [5.74, 6) is 10.1. The zero-order valence-electron chi connectivity index (χ0n) is 15.6. The lowest BCUT2D eigenvalue weighted by atomic mass is 10.0. The quantitative estimate of drug-likeness (QED) is 0.284. The molecule has 28 heavy (non-hydrogen) atoms. The fourth-order valence-electron chi connectivity index (χ4n) is 2.31. The molecule has 0 heterocycles. The Balaban J connectivity index is 2.03. The molecule has 5 N–H and O–H groups in total. The maximum absolute atomic E-state index is 12.3. The number of rotatable bonds is 4. The first-order valence-electron chi connectivity index (χ1n) is 8.63. The van der Waals surface area contributed by atoms with E-state index in [1.54, 1.807) is 55.7 Å². The molecule has 0 aliphatic carbocycles. The molecule has 1 unspecified atom stereocenters. The second-order valence-corrected chi connectivity index (χ2v) is 6.37. The molecule has 0 radical (unpaired) electrons. The van der Waals surface area contributed by atoms with Gasteiger partial charge in [0.2, 0.25) is 0 Å². The van der Waals surface area contributed by atoms with Crippen molar-refractivity contribution in [2.75, 3.05) is 5.73 Å². The predicted molar refractivity (Wildman–Crippen MR) is 107 cm³/mol. The van der Waals surface area contributed by atoms with E-state index in [1.165, 1.54) is 0 Å². The van der Waals surface area contributed by atoms with Crippen LogP contribution in [-0.2, 0) is 4.79 Å². The van der Waals surface area contributed by atoms with Crippen molar-refractivity contribution < 1.29 is 14.8 Å². The van der Waals surface area contributed by atoms with Gasteiger partial charge in [0.1, 0.15) is 6.04 Å². The van der Waals surface area contributed by atoms with E-state index in [4.69, 9.17) is 10.9 Å². The molecule has 0 aromatic heterocycles. The third-order valence-corrected chi connectivity index (χ3v) is 3.88. The molecule has 2 aromatic carbocycles. The van der Waals surface area contributed by atoms with Crippen molar-refractivity contribution in [2.24, 2.45) is 5.92 Å². The van der Waals surface area contributed by atoms with Gasteiger partial charge in [0.05, 0.1) is 0 Å². The van der Waals surface area contributed by atoms with Gasteiger partial charge in [0.25, 0.3) is 11.8 Å². The van der Waals surface area contributed by atoms with E-state index >= 15 is 0 Å². The van der Waals surface area contributed by atoms with Crippen LogP contribution in [0.4, 0.5) is 5.69 Å². The number of anilines is 1. The van der Waals surface area contributed by atoms with Gasteiger partial charge in [-0.15, -0.1) is 0 Å². The number of hydrogen-bond donors (Lipinski definition) is 4. The van der Waals surface area contributed by atoms with Gasteiger partial charge in [-0.25, -0.2) is 5.48 Å². The Morgan fingerprint density at radius 2 is 1.43 bits per heavy atom. The average molecular weight is 375 g/mol. The van der Waals surface area contributed by atoms with E-state index < -0.39 is 17.9 Å². The number of nitrogens with one attached hydrogen (secondary N) is 2. The molecule has 2 aromatic rings. The molecule has 0 aliphatic rings. The number of carbonyl (C=O) groups excluding carboxylic acids is 2. The SMILES string of the molecule is CC(C)C(NC(=O)c1ccc(C#CC#Cc2ccc(N)cc2)cc1)C(=O)NO. The van der Waals surface area contributed by atoms with Gasteiger partial charge in [-0.05, 0) is 66.3 Å². The summed E-state index contributed by atoms with van der Waals surface area (Å²) in [7, 11) is 0. The summed E-state index contributed by atoms with van der Waals surface area (Å²) < 4.78 is 0. The number of hydrogen-bond acceptors (Lipinski definition) is 4. The molecule has 0 spiro atoms. The zero-order chi connectivity index (χ0) is 20.5. The minimum Gasteiger partial charge on any atom is -0.399 e. The van der Waals surface area contributed by atoms with Gasteiger partial charge in [0.15, 0.2) is 0 Å². The number of carbonyl (C=O) groups is 2. The molecular weight excluding hydrogens is 354 g/mol. The smallest absolute Gasteiger partial charge is 0.266 e. The summed E-state index contributed by atoms with van der Waals surface area (Å²) in [5, 5.41) is 11.4. The highest BCUT2D eigenvalue weighted by atomic mass is 16.5. The first kappa shape index (κ1) is 20.6. The fourth-order valence-corrected chi connectivity index (χ4v) is 2.31. The van der Waals surface area contributed by atoms with Crippen LogP contribution in [0.2, 0.25) is 0 Å². The van der Waals surface area contributed by atoms with E-state index in [2.05, 4.69) is 29.0 Å². The highest BCUT2D eigenvalue weighted by molar-refractivity contribution is 5.97. The molecule has 1 atom stereocenters. The topological polar surface area (TPSA) is 104 Å². The van der Waals surface area contributed by atoms with Crippen LogP contribution in [0.15, 0.2) is 48.5 Å². The van der Waals surface area contributed by atoms with Crippen LogP contribution in [0, 0.1) is 29.6 Å². The largest absolute Gasteiger partial charge is 0.399 e. The van der Waals surface area contributed by atoms with Crippen LogP contribution < -0.4 is 16.5 Å². The first-order chi connectivity index (χ1) is 13.4. The van der Waals surface area contributed by atoms with Crippen molar-refractivity contribution in [3.63, 3.8) is 0 Å². The number of nitrogens with two attached hydrogens (primary N) is 1. The van der Waals surface area contributed by atoms with Crippen molar-refractivity contribution in [1.82, 2.24) is 10.8 Å². The van der Waals surface area contributed by atoms with E-state index in [0.29, 0.717) is 16.8 Å². The maximum atomic E-state index is 12.3. The number of nitrogen functional groups attached to an aromatic ring is 1. The van der Waals surface area contributed by atoms with Gasteiger partial charge >= 0.3 is 0 Å². The molecule has 0 fully saturated rings. The summed E-state index contributed by atoms with van der Waals surface area (Å²) in [6.45, 7) is 3.54. The normalized spacial score (nSPS) is 10.7. The van der Waals surface area contributed by atoms with Crippen LogP contribution in [0.5, 0.6) is 0 Å². The average Bonchev–Trinajstić information content (AvgIpc) is 2.70. The third-order valence-electron chi connectivity index (χ3n) is 3.88. The molecule has 0 aliphatic heterocycles. The summed E-state index contributed by atoms with van der Waals surface area (Å²) in [5.41, 5.74) is 9.77. The van der Waals surface area contributed by atoms with Crippen molar-refractivity contribution in [1.29, 1.82) is 0 Å². The van der Waals surface area contributed by atoms with Crippen molar-refractivity contribution in [2.45, 2.75) is 19.9 Å². The summed E-state index contributed by atoms with van der Waals surface area (Å²) in [6.07, 6.45) is 0. The lowest BCUT2D eigenvalue weighted by Crippen LogP contribution is -2.48.